The first-order valence-corrected chi connectivity index (χ1v) is 7.38. The Hall–Kier alpha value is 0.660. The molecule has 2 N–H and O–H groups in total. The van der Waals surface area contributed by atoms with Crippen molar-refractivity contribution in [3.63, 3.8) is 0 Å². The summed E-state index contributed by atoms with van der Waals surface area (Å²) in [6.07, 6.45) is 3.86. The molecule has 0 amide bonds. The third-order valence-corrected chi connectivity index (χ3v) is 3.43. The van der Waals surface area contributed by atoms with Crippen LogP contribution in [-0.2, 0) is 13.4 Å². The van der Waals surface area contributed by atoms with E-state index in [1.165, 1.54) is 0 Å². The van der Waals surface area contributed by atoms with Crippen LogP contribution in [0.5, 0.6) is 0 Å². The number of hydrogen-bond donors (Lipinski definition) is 2. The van der Waals surface area contributed by atoms with Crippen LogP contribution in [0, 0.1) is 0 Å². The summed E-state index contributed by atoms with van der Waals surface area (Å²) >= 11 is 0. The van der Waals surface area contributed by atoms with Crippen molar-refractivity contribution in [1.29, 1.82) is 0 Å². The number of rotatable bonds is 10. The molecule has 0 spiro atoms. The molecule has 7 heteroatoms. The average Bonchev–Trinajstić information content (AvgIpc) is 2.17. The first-order chi connectivity index (χ1) is 7.20. The molecule has 0 aromatic carbocycles. The summed E-state index contributed by atoms with van der Waals surface area (Å²) in [6.45, 7) is 5.15. The van der Waals surface area contributed by atoms with Crippen molar-refractivity contribution in [2.24, 2.45) is 0 Å². The highest BCUT2D eigenvalue weighted by Crippen LogP contribution is 2.50. The van der Waals surface area contributed by atoms with Crippen LogP contribution in [0.3, 0.4) is 0 Å². The molecule has 0 unspecified atom stereocenters. The summed E-state index contributed by atoms with van der Waals surface area (Å²) < 4.78 is 15.3. The second-order valence-corrected chi connectivity index (χ2v) is 5.05. The second kappa shape index (κ2) is 11.2. The molecule has 0 aromatic rings. The zero-order chi connectivity index (χ0) is 11.5. The molecule has 0 rings (SSSR count). The van der Waals surface area contributed by atoms with E-state index < -0.39 is 17.2 Å². The lowest BCUT2D eigenvalue weighted by atomic mass is 10.4. The normalized spacial score (nSPS) is 11.6. The van der Waals surface area contributed by atoms with Crippen LogP contribution < -0.4 is 0 Å². The van der Waals surface area contributed by atoms with Crippen molar-refractivity contribution in [3.8, 4) is 0 Å². The van der Waals surface area contributed by atoms with Gasteiger partial charge in [0.05, 0.1) is 13.2 Å². The molecule has 0 radical (unpaired) electrons. The molecule has 0 saturated carbocycles. The van der Waals surface area contributed by atoms with Gasteiger partial charge in [-0.1, -0.05) is 26.7 Å². The predicted octanol–water partition coefficient (Wildman–Crippen LogP) is 3.07. The highest BCUT2D eigenvalue weighted by molar-refractivity contribution is 7.54. The van der Waals surface area contributed by atoms with E-state index in [0.29, 0.717) is 13.2 Å². The van der Waals surface area contributed by atoms with Gasteiger partial charge in [-0.2, -0.15) is 0 Å². The van der Waals surface area contributed by atoms with Crippen LogP contribution in [-0.4, -0.2) is 23.0 Å². The van der Waals surface area contributed by atoms with Crippen LogP contribution >= 0.6 is 17.2 Å². The van der Waals surface area contributed by atoms with Gasteiger partial charge >= 0.3 is 17.2 Å². The second-order valence-electron chi connectivity index (χ2n) is 2.93. The van der Waals surface area contributed by atoms with Crippen molar-refractivity contribution < 1.29 is 23.1 Å². The lowest BCUT2D eigenvalue weighted by Crippen LogP contribution is -1.96. The fraction of sp³-hybridized carbons (Fsp3) is 1.00. The van der Waals surface area contributed by atoms with Crippen molar-refractivity contribution in [2.45, 2.75) is 39.5 Å². The van der Waals surface area contributed by atoms with Crippen LogP contribution in [0.25, 0.3) is 0 Å². The summed E-state index contributed by atoms with van der Waals surface area (Å²) in [5.74, 6) is 0. The first kappa shape index (κ1) is 15.7. The zero-order valence-electron chi connectivity index (χ0n) is 9.26. The monoisotopic (exact) mass is 258 g/mol. The van der Waals surface area contributed by atoms with Gasteiger partial charge in [0.1, 0.15) is 0 Å². The molecule has 0 bridgehead atoms. The standard InChI is InChI=1S/C8H20O5P2/c1-3-5-7-11-15(13-14(9)10)12-8-6-4-2/h9-10H,3-8H2,1-2H3. The van der Waals surface area contributed by atoms with Crippen LogP contribution in [0.4, 0.5) is 0 Å². The van der Waals surface area contributed by atoms with Crippen LogP contribution in [0.15, 0.2) is 0 Å². The van der Waals surface area contributed by atoms with Gasteiger partial charge in [0.2, 0.25) is 0 Å². The third kappa shape index (κ3) is 10.9. The van der Waals surface area contributed by atoms with Gasteiger partial charge in [-0.15, -0.1) is 0 Å². The van der Waals surface area contributed by atoms with E-state index in [-0.39, 0.29) is 0 Å². The minimum Gasteiger partial charge on any atom is -0.328 e. The van der Waals surface area contributed by atoms with Gasteiger partial charge in [-0.05, 0) is 12.8 Å². The molecule has 0 aliphatic heterocycles. The highest BCUT2D eigenvalue weighted by Gasteiger charge is 2.17. The van der Waals surface area contributed by atoms with Gasteiger partial charge in [0.25, 0.3) is 0 Å². The summed E-state index contributed by atoms with van der Waals surface area (Å²) in [5, 5.41) is 0. The lowest BCUT2D eigenvalue weighted by Gasteiger charge is -2.16. The van der Waals surface area contributed by atoms with Gasteiger partial charge in [0, 0.05) is 0 Å². The van der Waals surface area contributed by atoms with E-state index in [0.717, 1.165) is 25.7 Å². The van der Waals surface area contributed by atoms with E-state index in [1.807, 2.05) is 0 Å². The highest BCUT2D eigenvalue weighted by atomic mass is 31.2. The van der Waals surface area contributed by atoms with E-state index >= 15 is 0 Å². The molecule has 0 atom stereocenters. The number of unbranched alkanes of at least 4 members (excludes halogenated alkanes) is 2. The third-order valence-electron chi connectivity index (χ3n) is 1.53. The van der Waals surface area contributed by atoms with Gasteiger partial charge < -0.3 is 18.8 Å². The molecule has 92 valence electrons. The summed E-state index contributed by atoms with van der Waals surface area (Å²) in [4.78, 5) is 17.4. The Labute approximate surface area is 93.7 Å². The lowest BCUT2D eigenvalue weighted by molar-refractivity contribution is 0.194. The topological polar surface area (TPSA) is 68.2 Å². The minimum absolute atomic E-state index is 0.525. The van der Waals surface area contributed by atoms with E-state index in [9.17, 15) is 0 Å². The molecule has 0 heterocycles. The SMILES string of the molecule is CCCCOP(OCCCC)OP(O)O. The van der Waals surface area contributed by atoms with Crippen LogP contribution in [0.1, 0.15) is 39.5 Å². The average molecular weight is 258 g/mol. The van der Waals surface area contributed by atoms with Gasteiger partial charge in [-0.25, -0.2) is 4.31 Å². The molecule has 15 heavy (non-hydrogen) atoms. The molecule has 0 saturated heterocycles. The Kier molecular flexibility index (Phi) is 11.6. The van der Waals surface area contributed by atoms with Crippen molar-refractivity contribution in [1.82, 2.24) is 0 Å². The summed E-state index contributed by atoms with van der Waals surface area (Å²) in [6, 6.07) is 0. The Morgan fingerprint density at radius 1 is 0.933 bits per heavy atom. The smallest absolute Gasteiger partial charge is 0.328 e. The summed E-state index contributed by atoms with van der Waals surface area (Å²) in [5.41, 5.74) is 0. The minimum atomic E-state index is -2.40. The van der Waals surface area contributed by atoms with Crippen molar-refractivity contribution in [2.75, 3.05) is 13.2 Å². The Morgan fingerprint density at radius 2 is 1.40 bits per heavy atom. The summed E-state index contributed by atoms with van der Waals surface area (Å²) in [7, 11) is -4.00. The van der Waals surface area contributed by atoms with Crippen molar-refractivity contribution in [3.05, 3.63) is 0 Å². The Balaban J connectivity index is 3.63. The first-order valence-electron chi connectivity index (χ1n) is 5.12. The maximum Gasteiger partial charge on any atom is 0.339 e. The van der Waals surface area contributed by atoms with Gasteiger partial charge in [0.15, 0.2) is 0 Å². The van der Waals surface area contributed by atoms with E-state index in [2.05, 4.69) is 13.8 Å². The van der Waals surface area contributed by atoms with E-state index in [4.69, 9.17) is 23.1 Å². The molecule has 0 fully saturated rings. The fourth-order valence-corrected chi connectivity index (χ4v) is 2.20. The quantitative estimate of drug-likeness (QED) is 0.465. The van der Waals surface area contributed by atoms with Crippen LogP contribution in [0.2, 0.25) is 0 Å². The Morgan fingerprint density at radius 3 is 1.73 bits per heavy atom. The molecule has 0 aliphatic carbocycles. The zero-order valence-corrected chi connectivity index (χ0v) is 11.0. The number of hydrogen-bond acceptors (Lipinski definition) is 5. The fourth-order valence-electron chi connectivity index (χ4n) is 0.711. The molecular weight excluding hydrogens is 238 g/mol. The van der Waals surface area contributed by atoms with E-state index in [1.54, 1.807) is 0 Å². The molecule has 0 aliphatic rings. The maximum absolute atomic E-state index is 8.69. The maximum atomic E-state index is 8.69. The van der Waals surface area contributed by atoms with Crippen molar-refractivity contribution >= 4 is 17.2 Å². The predicted molar refractivity (Wildman–Crippen MR) is 61.1 cm³/mol. The largest absolute Gasteiger partial charge is 0.339 e. The Bertz CT molecular complexity index is 126. The molecule has 0 aromatic heterocycles. The van der Waals surface area contributed by atoms with Gasteiger partial charge in [-0.3, -0.25) is 0 Å². The molecular formula is C8H20O5P2. The molecule has 5 nitrogen and oxygen atoms in total.